The minimum atomic E-state index is -3.60. The Bertz CT molecular complexity index is 517. The molecular formula is C13H24O6SSi. The second-order valence-electron chi connectivity index (χ2n) is 6.67. The number of carbonyl (C=O) groups excluding carboxylic acids is 1. The van der Waals surface area contributed by atoms with Crippen molar-refractivity contribution in [3.63, 3.8) is 0 Å². The van der Waals surface area contributed by atoms with E-state index in [2.05, 4.69) is 33.9 Å². The molecule has 1 aliphatic heterocycles. The van der Waals surface area contributed by atoms with E-state index in [-0.39, 0.29) is 11.6 Å². The molecule has 0 fully saturated rings. The van der Waals surface area contributed by atoms with Crippen molar-refractivity contribution in [1.29, 1.82) is 0 Å². The van der Waals surface area contributed by atoms with Crippen LogP contribution in [-0.2, 0) is 28.3 Å². The predicted molar refractivity (Wildman–Crippen MR) is 81.9 cm³/mol. The summed E-state index contributed by atoms with van der Waals surface area (Å²) in [5.74, 6) is -0.521. The van der Waals surface area contributed by atoms with Gasteiger partial charge in [-0.15, -0.1) is 0 Å². The van der Waals surface area contributed by atoms with E-state index in [1.807, 2.05) is 0 Å². The van der Waals surface area contributed by atoms with Gasteiger partial charge >= 0.3 is 5.97 Å². The topological polar surface area (TPSA) is 78.9 Å². The molecule has 1 aliphatic rings. The predicted octanol–water partition coefficient (Wildman–Crippen LogP) is 1.83. The highest BCUT2D eigenvalue weighted by molar-refractivity contribution is 7.85. The number of rotatable bonds is 5. The van der Waals surface area contributed by atoms with Crippen LogP contribution in [0.5, 0.6) is 0 Å². The first-order valence-electron chi connectivity index (χ1n) is 6.73. The monoisotopic (exact) mass is 336 g/mol. The molecule has 1 heterocycles. The molecule has 0 saturated carbocycles. The molecule has 0 N–H and O–H groups in total. The van der Waals surface area contributed by atoms with E-state index < -0.39 is 36.6 Å². The molecule has 0 aromatic heterocycles. The lowest BCUT2D eigenvalue weighted by Crippen LogP contribution is -2.49. The third-order valence-electron chi connectivity index (χ3n) is 3.74. The molecule has 0 unspecified atom stereocenters. The van der Waals surface area contributed by atoms with Crippen LogP contribution in [-0.4, -0.2) is 47.8 Å². The molecule has 6 nitrogen and oxygen atoms in total. The molecule has 0 radical (unpaired) electrons. The van der Waals surface area contributed by atoms with Gasteiger partial charge in [0.25, 0.3) is 10.1 Å². The summed E-state index contributed by atoms with van der Waals surface area (Å²) in [5.41, 5.74) is 0. The Kier molecular flexibility index (Phi) is 5.41. The summed E-state index contributed by atoms with van der Waals surface area (Å²) in [6.07, 6.45) is 2.62. The number of carbonyl (C=O) groups is 1. The van der Waals surface area contributed by atoms with E-state index in [0.29, 0.717) is 0 Å². The molecule has 2 atom stereocenters. The fraction of sp³-hybridized carbons (Fsp3) is 0.769. The van der Waals surface area contributed by atoms with Crippen molar-refractivity contribution in [3.8, 4) is 0 Å². The Balaban J connectivity index is 2.86. The number of ether oxygens (including phenoxy) is 1. The molecule has 0 aromatic rings. The smallest absolute Gasteiger partial charge is 0.330 e. The summed E-state index contributed by atoms with van der Waals surface area (Å²) in [5, 5.41) is -0.00939. The number of hydrogen-bond donors (Lipinski definition) is 0. The van der Waals surface area contributed by atoms with E-state index in [4.69, 9.17) is 13.3 Å². The van der Waals surface area contributed by atoms with Gasteiger partial charge in [0.1, 0.15) is 12.7 Å². The van der Waals surface area contributed by atoms with Crippen LogP contribution in [0.3, 0.4) is 0 Å². The van der Waals surface area contributed by atoms with Crippen molar-refractivity contribution < 1.29 is 26.6 Å². The zero-order valence-electron chi connectivity index (χ0n) is 13.4. The lowest BCUT2D eigenvalue weighted by atomic mass is 10.1. The molecule has 21 heavy (non-hydrogen) atoms. The van der Waals surface area contributed by atoms with Crippen LogP contribution in [0.4, 0.5) is 0 Å². The maximum Gasteiger partial charge on any atom is 0.330 e. The van der Waals surface area contributed by atoms with Gasteiger partial charge < -0.3 is 9.16 Å². The molecule has 0 aliphatic carbocycles. The van der Waals surface area contributed by atoms with Crippen molar-refractivity contribution in [1.82, 2.24) is 0 Å². The van der Waals surface area contributed by atoms with Gasteiger partial charge in [-0.1, -0.05) is 20.8 Å². The molecule has 0 saturated heterocycles. The van der Waals surface area contributed by atoms with Crippen LogP contribution < -0.4 is 0 Å². The first-order valence-corrected chi connectivity index (χ1v) is 11.5. The highest BCUT2D eigenvalue weighted by Crippen LogP contribution is 2.38. The van der Waals surface area contributed by atoms with Gasteiger partial charge in [-0.3, -0.25) is 4.18 Å². The second kappa shape index (κ2) is 6.19. The SMILES string of the molecule is CC(C)(C)[Si](C)(C)O[C@@H]1C=CC(=O)O[C@@H]1COS(C)(=O)=O. The van der Waals surface area contributed by atoms with Crippen LogP contribution in [0.2, 0.25) is 18.1 Å². The van der Waals surface area contributed by atoms with E-state index >= 15 is 0 Å². The Morgan fingerprint density at radius 3 is 2.38 bits per heavy atom. The van der Waals surface area contributed by atoms with Gasteiger partial charge in [-0.05, 0) is 24.2 Å². The molecular weight excluding hydrogens is 312 g/mol. The van der Waals surface area contributed by atoms with Gasteiger partial charge in [0, 0.05) is 6.08 Å². The largest absolute Gasteiger partial charge is 0.454 e. The highest BCUT2D eigenvalue weighted by Gasteiger charge is 2.42. The molecule has 0 aromatic carbocycles. The number of esters is 1. The first-order chi connectivity index (χ1) is 9.32. The van der Waals surface area contributed by atoms with Crippen LogP contribution in [0, 0.1) is 0 Å². The third-order valence-corrected chi connectivity index (χ3v) is 8.78. The fourth-order valence-electron chi connectivity index (χ4n) is 1.50. The quantitative estimate of drug-likeness (QED) is 0.433. The Labute approximate surface area is 127 Å². The lowest BCUT2D eigenvalue weighted by Gasteiger charge is -2.40. The van der Waals surface area contributed by atoms with Gasteiger partial charge in [-0.25, -0.2) is 4.79 Å². The van der Waals surface area contributed by atoms with Crippen molar-refractivity contribution in [2.45, 2.75) is 51.1 Å². The van der Waals surface area contributed by atoms with Crippen LogP contribution in [0.15, 0.2) is 12.2 Å². The molecule has 0 spiro atoms. The van der Waals surface area contributed by atoms with Crippen molar-refractivity contribution >= 4 is 24.4 Å². The lowest BCUT2D eigenvalue weighted by molar-refractivity contribution is -0.150. The fourth-order valence-corrected chi connectivity index (χ4v) is 3.15. The molecule has 8 heteroatoms. The van der Waals surface area contributed by atoms with Gasteiger partial charge in [0.05, 0.1) is 6.26 Å². The summed E-state index contributed by atoms with van der Waals surface area (Å²) in [6.45, 7) is 10.2. The molecule has 1 rings (SSSR count). The zero-order valence-corrected chi connectivity index (χ0v) is 15.2. The summed E-state index contributed by atoms with van der Waals surface area (Å²) < 4.78 is 38.2. The van der Waals surface area contributed by atoms with Crippen LogP contribution >= 0.6 is 0 Å². The van der Waals surface area contributed by atoms with E-state index in [0.717, 1.165) is 6.26 Å². The number of cyclic esters (lactones) is 1. The second-order valence-corrected chi connectivity index (χ2v) is 13.1. The summed E-state index contributed by atoms with van der Waals surface area (Å²) in [7, 11) is -5.67. The molecule has 0 bridgehead atoms. The van der Waals surface area contributed by atoms with Crippen LogP contribution in [0.1, 0.15) is 20.8 Å². The van der Waals surface area contributed by atoms with Crippen LogP contribution in [0.25, 0.3) is 0 Å². The summed E-state index contributed by atoms with van der Waals surface area (Å²) in [6, 6.07) is 0. The molecule has 122 valence electrons. The van der Waals surface area contributed by atoms with Gasteiger partial charge in [-0.2, -0.15) is 8.42 Å². The van der Waals surface area contributed by atoms with Gasteiger partial charge in [0.2, 0.25) is 0 Å². The average Bonchev–Trinajstić information content (AvgIpc) is 2.26. The van der Waals surface area contributed by atoms with Crippen molar-refractivity contribution in [2.24, 2.45) is 0 Å². The van der Waals surface area contributed by atoms with E-state index in [1.54, 1.807) is 6.08 Å². The maximum atomic E-state index is 11.3. The maximum absolute atomic E-state index is 11.3. The number of hydrogen-bond acceptors (Lipinski definition) is 6. The minimum Gasteiger partial charge on any atom is -0.454 e. The first kappa shape index (κ1) is 18.3. The van der Waals surface area contributed by atoms with Gasteiger partial charge in [0.15, 0.2) is 14.4 Å². The van der Waals surface area contributed by atoms with E-state index in [9.17, 15) is 13.2 Å². The Hall–Kier alpha value is -0.703. The highest BCUT2D eigenvalue weighted by atomic mass is 32.2. The summed E-state index contributed by atoms with van der Waals surface area (Å²) >= 11 is 0. The minimum absolute atomic E-state index is 0.00939. The zero-order chi connectivity index (χ0) is 16.5. The van der Waals surface area contributed by atoms with Crippen molar-refractivity contribution in [3.05, 3.63) is 12.2 Å². The van der Waals surface area contributed by atoms with Crippen molar-refractivity contribution in [2.75, 3.05) is 12.9 Å². The Morgan fingerprint density at radius 2 is 1.90 bits per heavy atom. The van der Waals surface area contributed by atoms with E-state index in [1.165, 1.54) is 6.08 Å². The third kappa shape index (κ3) is 5.53. The summed E-state index contributed by atoms with van der Waals surface area (Å²) in [4.78, 5) is 11.3. The average molecular weight is 336 g/mol. The Morgan fingerprint density at radius 1 is 1.33 bits per heavy atom. The standard InChI is InChI=1S/C13H24O6SSi/c1-13(2,3)21(5,6)19-10-7-8-12(14)18-11(10)9-17-20(4,15)16/h7-8,10-11H,9H2,1-6H3/t10-,11-/m1/s1. The normalized spacial score (nSPS) is 24.0. The molecule has 0 amide bonds.